The average molecular weight is 508 g/mol. The van der Waals surface area contributed by atoms with Gasteiger partial charge >= 0.3 is 0 Å². The third-order valence-corrected chi connectivity index (χ3v) is 9.91. The van der Waals surface area contributed by atoms with Crippen LogP contribution in [-0.2, 0) is 6.54 Å². The molecular formula is C24H24ClF2N3O3S. The summed E-state index contributed by atoms with van der Waals surface area (Å²) >= 11 is 8.32. The minimum absolute atomic E-state index is 0.147. The third kappa shape index (κ3) is 2.88. The van der Waals surface area contributed by atoms with Crippen LogP contribution < -0.4 is 5.32 Å². The molecule has 34 heavy (non-hydrogen) atoms. The zero-order chi connectivity index (χ0) is 23.8. The van der Waals surface area contributed by atoms with Crippen molar-refractivity contribution in [3.63, 3.8) is 0 Å². The number of benzene rings is 1. The monoisotopic (exact) mass is 507 g/mol. The van der Waals surface area contributed by atoms with Crippen LogP contribution in [-0.4, -0.2) is 49.3 Å². The number of carbonyl (C=O) groups is 1. The van der Waals surface area contributed by atoms with Crippen LogP contribution >= 0.6 is 23.5 Å². The maximum Gasteiger partial charge on any atom is 0.273 e. The van der Waals surface area contributed by atoms with Gasteiger partial charge in [0.05, 0.1) is 27.8 Å². The summed E-state index contributed by atoms with van der Waals surface area (Å²) in [6.07, 6.45) is 8.11. The standard InChI is InChI=1S/C24H24ClF2N3O3S/c25-19-20(22(32)28-13-5-6-14(26)15(27)10-13)29-9-3-1-2-4-16(29)21(19)34-30-17-7-8-24(17)18(30)11-23(24,33)12-31/h2,4-6,10,17-18,31,33H,1,3,7-9,11-12H2,(H,28,32). The van der Waals surface area contributed by atoms with E-state index in [-0.39, 0.29) is 35.5 Å². The van der Waals surface area contributed by atoms with Gasteiger partial charge in [0.15, 0.2) is 11.6 Å². The van der Waals surface area contributed by atoms with E-state index < -0.39 is 23.1 Å². The van der Waals surface area contributed by atoms with Crippen molar-refractivity contribution in [1.82, 2.24) is 8.87 Å². The number of aliphatic hydroxyl groups excluding tert-OH is 1. The van der Waals surface area contributed by atoms with E-state index in [0.717, 1.165) is 48.4 Å². The van der Waals surface area contributed by atoms with Gasteiger partial charge in [-0.05, 0) is 62.3 Å². The molecule has 10 heteroatoms. The SMILES string of the molecule is O=C(Nc1ccc(F)c(F)c1)c1c(Cl)c(SN2C3CCC34C2CC4(O)CO)c2n1CCCC=C2. The topological polar surface area (TPSA) is 77.7 Å². The number of fused-ring (bicyclic) bond motifs is 1. The minimum atomic E-state index is -1.04. The number of carbonyl (C=O) groups excluding carboxylic acids is 1. The molecule has 1 aromatic heterocycles. The molecule has 6 rings (SSSR count). The number of rotatable bonds is 5. The summed E-state index contributed by atoms with van der Waals surface area (Å²) < 4.78 is 31.1. The molecule has 4 atom stereocenters. The second kappa shape index (κ2) is 7.80. The first-order valence-electron chi connectivity index (χ1n) is 11.5. The highest BCUT2D eigenvalue weighted by molar-refractivity contribution is 7.97. The van der Waals surface area contributed by atoms with Gasteiger partial charge in [0, 0.05) is 35.8 Å². The number of aromatic nitrogens is 1. The van der Waals surface area contributed by atoms with E-state index in [1.54, 1.807) is 0 Å². The summed E-state index contributed by atoms with van der Waals surface area (Å²) in [4.78, 5) is 14.0. The summed E-state index contributed by atoms with van der Waals surface area (Å²) in [5.74, 6) is -2.51. The predicted octanol–water partition coefficient (Wildman–Crippen LogP) is 4.45. The van der Waals surface area contributed by atoms with Gasteiger partial charge in [0.25, 0.3) is 5.91 Å². The number of anilines is 1. The first kappa shape index (κ1) is 22.5. The third-order valence-electron chi connectivity index (χ3n) is 8.11. The fraction of sp³-hybridized carbons (Fsp3) is 0.458. The Morgan fingerprint density at radius 1 is 1.29 bits per heavy atom. The van der Waals surface area contributed by atoms with Crippen molar-refractivity contribution in [2.24, 2.45) is 5.41 Å². The fourth-order valence-corrected chi connectivity index (χ4v) is 8.11. The maximum atomic E-state index is 13.6. The molecule has 6 nitrogen and oxygen atoms in total. The Labute approximate surface area is 204 Å². The summed E-state index contributed by atoms with van der Waals surface area (Å²) in [6.45, 7) is 0.377. The van der Waals surface area contributed by atoms with Crippen molar-refractivity contribution in [3.05, 3.63) is 52.3 Å². The van der Waals surface area contributed by atoms with Crippen LogP contribution in [0.5, 0.6) is 0 Å². The van der Waals surface area contributed by atoms with Gasteiger partial charge in [-0.3, -0.25) is 4.79 Å². The summed E-state index contributed by atoms with van der Waals surface area (Å²) in [7, 11) is 0. The number of piperidine rings is 2. The molecule has 3 heterocycles. The zero-order valence-electron chi connectivity index (χ0n) is 18.2. The number of hydrogen-bond acceptors (Lipinski definition) is 5. The van der Waals surface area contributed by atoms with Crippen molar-refractivity contribution in [3.8, 4) is 0 Å². The number of hydrogen-bond donors (Lipinski definition) is 3. The van der Waals surface area contributed by atoms with Crippen LogP contribution in [0, 0.1) is 17.0 Å². The van der Waals surface area contributed by atoms with Crippen LogP contribution in [0.2, 0.25) is 5.02 Å². The largest absolute Gasteiger partial charge is 0.393 e. The Bertz CT molecular complexity index is 1230. The molecular weight excluding hydrogens is 484 g/mol. The van der Waals surface area contributed by atoms with Crippen LogP contribution in [0.25, 0.3) is 6.08 Å². The number of halogens is 3. The van der Waals surface area contributed by atoms with Crippen molar-refractivity contribution in [1.29, 1.82) is 0 Å². The molecule has 0 radical (unpaired) electrons. The molecule has 4 aliphatic rings. The molecule has 0 bridgehead atoms. The smallest absolute Gasteiger partial charge is 0.273 e. The molecule has 1 amide bonds. The average Bonchev–Trinajstić information content (AvgIpc) is 2.91. The molecule has 3 N–H and O–H groups in total. The Morgan fingerprint density at radius 2 is 2.12 bits per heavy atom. The Morgan fingerprint density at radius 3 is 2.79 bits per heavy atom. The summed E-state index contributed by atoms with van der Waals surface area (Å²) in [6, 6.07) is 3.54. The van der Waals surface area contributed by atoms with Gasteiger partial charge in [-0.25, -0.2) is 13.1 Å². The zero-order valence-corrected chi connectivity index (χ0v) is 19.8. The van der Waals surface area contributed by atoms with Gasteiger partial charge in [-0.2, -0.15) is 0 Å². The Balaban J connectivity index is 1.31. The highest BCUT2D eigenvalue weighted by Gasteiger charge is 2.81. The lowest BCUT2D eigenvalue weighted by molar-refractivity contribution is -0.348. The molecule has 3 fully saturated rings. The molecule has 1 aromatic carbocycles. The highest BCUT2D eigenvalue weighted by atomic mass is 35.5. The van der Waals surface area contributed by atoms with Gasteiger partial charge in [-0.15, -0.1) is 0 Å². The lowest BCUT2D eigenvalue weighted by atomic mass is 9.37. The molecule has 1 saturated heterocycles. The van der Waals surface area contributed by atoms with Crippen LogP contribution in [0.15, 0.2) is 29.2 Å². The van der Waals surface area contributed by atoms with Crippen molar-refractivity contribution in [2.75, 3.05) is 11.9 Å². The van der Waals surface area contributed by atoms with Gasteiger partial charge < -0.3 is 20.1 Å². The lowest BCUT2D eigenvalue weighted by Crippen LogP contribution is -2.90. The predicted molar refractivity (Wildman–Crippen MR) is 126 cm³/mol. The summed E-state index contributed by atoms with van der Waals surface area (Å²) in [5.41, 5.74) is 0.0382. The molecule has 2 aromatic rings. The van der Waals surface area contributed by atoms with Crippen LogP contribution in [0.4, 0.5) is 14.5 Å². The van der Waals surface area contributed by atoms with E-state index in [2.05, 4.69) is 15.7 Å². The fourth-order valence-electron chi connectivity index (χ4n) is 6.25. The lowest BCUT2D eigenvalue weighted by Gasteiger charge is -2.81. The van der Waals surface area contributed by atoms with Crippen molar-refractivity contribution >= 4 is 41.2 Å². The number of amides is 1. The van der Waals surface area contributed by atoms with Crippen molar-refractivity contribution in [2.45, 2.75) is 61.2 Å². The first-order valence-corrected chi connectivity index (χ1v) is 12.6. The van der Waals surface area contributed by atoms with Crippen LogP contribution in [0.1, 0.15) is 48.3 Å². The number of nitrogens with zero attached hydrogens (tertiary/aromatic N) is 2. The first-order chi connectivity index (χ1) is 16.3. The molecule has 2 aliphatic carbocycles. The van der Waals surface area contributed by atoms with E-state index in [1.165, 1.54) is 18.0 Å². The normalized spacial score (nSPS) is 31.3. The quantitative estimate of drug-likeness (QED) is 0.521. The molecule has 180 valence electrons. The Kier molecular flexibility index (Phi) is 5.17. The van der Waals surface area contributed by atoms with Gasteiger partial charge in [0.1, 0.15) is 5.69 Å². The highest BCUT2D eigenvalue weighted by Crippen LogP contribution is 2.74. The van der Waals surface area contributed by atoms with E-state index in [1.807, 2.05) is 10.6 Å². The van der Waals surface area contributed by atoms with Gasteiger partial charge in [0.2, 0.25) is 0 Å². The minimum Gasteiger partial charge on any atom is -0.393 e. The second-order valence-electron chi connectivity index (χ2n) is 9.61. The molecule has 2 aliphatic heterocycles. The van der Waals surface area contributed by atoms with E-state index in [9.17, 15) is 23.8 Å². The number of aliphatic hydroxyl groups is 2. The maximum absolute atomic E-state index is 13.6. The van der Waals surface area contributed by atoms with E-state index in [4.69, 9.17) is 11.6 Å². The summed E-state index contributed by atoms with van der Waals surface area (Å²) in [5, 5.41) is 23.5. The number of allylic oxidation sites excluding steroid dienone is 1. The second-order valence-corrected chi connectivity index (χ2v) is 11.0. The van der Waals surface area contributed by atoms with E-state index >= 15 is 0 Å². The van der Waals surface area contributed by atoms with E-state index in [0.29, 0.717) is 18.0 Å². The number of nitrogens with one attached hydrogen (secondary N) is 1. The van der Waals surface area contributed by atoms with Crippen LogP contribution in [0.3, 0.4) is 0 Å². The Hall–Kier alpha value is -1.91. The molecule has 1 spiro atoms. The molecule has 2 saturated carbocycles. The van der Waals surface area contributed by atoms with Gasteiger partial charge in [-0.1, -0.05) is 17.7 Å². The van der Waals surface area contributed by atoms with Crippen molar-refractivity contribution < 1.29 is 23.8 Å². The molecule has 4 unspecified atom stereocenters.